The van der Waals surface area contributed by atoms with Crippen LogP contribution in [0.2, 0.25) is 0 Å². The van der Waals surface area contributed by atoms with Crippen LogP contribution >= 0.6 is 0 Å². The van der Waals surface area contributed by atoms with Crippen molar-refractivity contribution >= 4 is 22.6 Å². The Morgan fingerprint density at radius 1 is 1.22 bits per heavy atom. The average molecular weight is 435 g/mol. The van der Waals surface area contributed by atoms with Gasteiger partial charge in [-0.15, -0.1) is 0 Å². The van der Waals surface area contributed by atoms with Gasteiger partial charge in [-0.3, -0.25) is 9.78 Å². The van der Waals surface area contributed by atoms with Crippen molar-refractivity contribution in [2.45, 2.75) is 45.1 Å². The van der Waals surface area contributed by atoms with Crippen molar-refractivity contribution in [3.8, 4) is 11.4 Å². The number of aromatic amines is 1. The first kappa shape index (κ1) is 20.9. The Morgan fingerprint density at radius 2 is 2.06 bits per heavy atom. The third-order valence-electron chi connectivity index (χ3n) is 6.68. The van der Waals surface area contributed by atoms with Crippen LogP contribution in [0.1, 0.15) is 44.7 Å². The van der Waals surface area contributed by atoms with Gasteiger partial charge >= 0.3 is 0 Å². The molecule has 32 heavy (non-hydrogen) atoms. The van der Waals surface area contributed by atoms with E-state index in [0.29, 0.717) is 31.4 Å². The van der Waals surface area contributed by atoms with E-state index in [9.17, 15) is 4.79 Å². The zero-order chi connectivity index (χ0) is 22.1. The Bertz CT molecular complexity index is 1100. The molecule has 1 amide bonds. The van der Waals surface area contributed by atoms with Crippen LogP contribution in [-0.4, -0.2) is 69.6 Å². The molecule has 8 heteroatoms. The molecule has 168 valence electrons. The number of nitrogens with one attached hydrogen (secondary N) is 1. The number of likely N-dealkylation sites (tertiary alicyclic amines) is 1. The van der Waals surface area contributed by atoms with E-state index in [1.807, 2.05) is 36.5 Å². The van der Waals surface area contributed by atoms with Crippen LogP contribution in [-0.2, 0) is 9.53 Å². The lowest BCUT2D eigenvalue weighted by Gasteiger charge is -2.35. The number of hydrogen-bond donors (Lipinski definition) is 1. The molecule has 0 unspecified atom stereocenters. The van der Waals surface area contributed by atoms with Crippen LogP contribution in [0.25, 0.3) is 22.3 Å². The summed E-state index contributed by atoms with van der Waals surface area (Å²) in [7, 11) is 0. The Balaban J connectivity index is 1.53. The van der Waals surface area contributed by atoms with Gasteiger partial charge in [0.25, 0.3) is 0 Å². The number of carbonyl (C=O) groups excluding carboxylic acids is 1. The molecule has 3 aromatic heterocycles. The highest BCUT2D eigenvalue weighted by atomic mass is 16.5. The van der Waals surface area contributed by atoms with E-state index in [1.54, 1.807) is 0 Å². The highest BCUT2D eigenvalue weighted by molar-refractivity contribution is 5.92. The predicted molar refractivity (Wildman–Crippen MR) is 124 cm³/mol. The molecule has 2 aliphatic rings. The molecule has 2 aliphatic heterocycles. The maximum Gasteiger partial charge on any atom is 0.222 e. The van der Waals surface area contributed by atoms with E-state index in [2.05, 4.69) is 27.9 Å². The maximum atomic E-state index is 12.1. The molecular weight excluding hydrogens is 404 g/mol. The second-order valence-corrected chi connectivity index (χ2v) is 8.73. The smallest absolute Gasteiger partial charge is 0.222 e. The number of nitrogens with zero attached hydrogens (tertiary/aromatic N) is 5. The van der Waals surface area contributed by atoms with Gasteiger partial charge in [0.2, 0.25) is 5.91 Å². The van der Waals surface area contributed by atoms with Crippen molar-refractivity contribution in [3.63, 3.8) is 0 Å². The number of aromatic nitrogens is 4. The Morgan fingerprint density at radius 3 is 2.84 bits per heavy atom. The Kier molecular flexibility index (Phi) is 5.78. The van der Waals surface area contributed by atoms with E-state index < -0.39 is 0 Å². The van der Waals surface area contributed by atoms with Gasteiger partial charge in [-0.05, 0) is 25.8 Å². The molecule has 5 rings (SSSR count). The fraction of sp³-hybridized carbons (Fsp3) is 0.500. The van der Waals surface area contributed by atoms with Crippen LogP contribution in [0, 0.1) is 0 Å². The number of anilines is 1. The van der Waals surface area contributed by atoms with Gasteiger partial charge in [0.15, 0.2) is 5.82 Å². The second kappa shape index (κ2) is 8.86. The third kappa shape index (κ3) is 3.95. The SMILES string of the molecule is CCC(=O)N1CCC(c2cc(N3CCOC[C@H]3C)nc(-c3cncc4[nH]ccc34)n2)CC1. The lowest BCUT2D eigenvalue weighted by atomic mass is 9.92. The molecule has 2 saturated heterocycles. The van der Waals surface area contributed by atoms with Crippen LogP contribution in [0.4, 0.5) is 5.82 Å². The quantitative estimate of drug-likeness (QED) is 0.678. The van der Waals surface area contributed by atoms with Gasteiger partial charge in [-0.2, -0.15) is 0 Å². The van der Waals surface area contributed by atoms with Gasteiger partial charge in [0.1, 0.15) is 5.82 Å². The van der Waals surface area contributed by atoms with Crippen molar-refractivity contribution in [2.24, 2.45) is 0 Å². The molecule has 0 spiro atoms. The minimum atomic E-state index is 0.236. The van der Waals surface area contributed by atoms with E-state index in [4.69, 9.17) is 14.7 Å². The zero-order valence-electron chi connectivity index (χ0n) is 18.8. The minimum Gasteiger partial charge on any atom is -0.377 e. The molecule has 0 aliphatic carbocycles. The predicted octanol–water partition coefficient (Wildman–Crippen LogP) is 3.36. The summed E-state index contributed by atoms with van der Waals surface area (Å²) >= 11 is 0. The summed E-state index contributed by atoms with van der Waals surface area (Å²) < 4.78 is 5.65. The maximum absolute atomic E-state index is 12.1. The monoisotopic (exact) mass is 434 g/mol. The number of morpholine rings is 1. The Hall–Kier alpha value is -3.00. The van der Waals surface area contributed by atoms with Crippen LogP contribution < -0.4 is 4.90 Å². The molecular formula is C24H30N6O2. The van der Waals surface area contributed by atoms with Gasteiger partial charge in [-0.25, -0.2) is 9.97 Å². The fourth-order valence-electron chi connectivity index (χ4n) is 4.80. The van der Waals surface area contributed by atoms with Crippen molar-refractivity contribution in [1.29, 1.82) is 0 Å². The molecule has 1 atom stereocenters. The van der Waals surface area contributed by atoms with E-state index in [0.717, 1.165) is 60.5 Å². The van der Waals surface area contributed by atoms with Crippen molar-refractivity contribution in [1.82, 2.24) is 24.8 Å². The number of rotatable bonds is 4. The van der Waals surface area contributed by atoms with E-state index >= 15 is 0 Å². The van der Waals surface area contributed by atoms with Gasteiger partial charge in [-0.1, -0.05) is 6.92 Å². The molecule has 0 radical (unpaired) electrons. The topological polar surface area (TPSA) is 87.2 Å². The number of amides is 1. The van der Waals surface area contributed by atoms with Crippen LogP contribution in [0.15, 0.2) is 30.7 Å². The number of piperidine rings is 1. The van der Waals surface area contributed by atoms with Gasteiger partial charge in [0, 0.05) is 67.1 Å². The van der Waals surface area contributed by atoms with E-state index in [-0.39, 0.29) is 11.9 Å². The van der Waals surface area contributed by atoms with Crippen molar-refractivity contribution in [2.75, 3.05) is 37.7 Å². The van der Waals surface area contributed by atoms with Gasteiger partial charge in [0.05, 0.1) is 31.0 Å². The lowest BCUT2D eigenvalue weighted by molar-refractivity contribution is -0.131. The van der Waals surface area contributed by atoms with Crippen molar-refractivity contribution in [3.05, 3.63) is 36.4 Å². The molecule has 8 nitrogen and oxygen atoms in total. The highest BCUT2D eigenvalue weighted by Gasteiger charge is 2.27. The second-order valence-electron chi connectivity index (χ2n) is 8.73. The third-order valence-corrected chi connectivity index (χ3v) is 6.68. The minimum absolute atomic E-state index is 0.236. The first-order valence-electron chi connectivity index (χ1n) is 11.6. The summed E-state index contributed by atoms with van der Waals surface area (Å²) in [6.07, 6.45) is 8.01. The normalized spacial score (nSPS) is 20.1. The standard InChI is InChI=1S/C24H30N6O2/c1-3-23(31)29-8-5-17(6-9-29)20-12-22(30-10-11-32-15-16(30)2)28-24(27-20)19-13-25-14-21-18(19)4-7-26-21/h4,7,12-14,16-17,26H,3,5-6,8-11,15H2,1-2H3/t16-/m1/s1. The molecule has 3 aromatic rings. The van der Waals surface area contributed by atoms with Crippen LogP contribution in [0.5, 0.6) is 0 Å². The van der Waals surface area contributed by atoms with Crippen LogP contribution in [0.3, 0.4) is 0 Å². The molecule has 0 aromatic carbocycles. The number of pyridine rings is 1. The Labute approximate surface area is 188 Å². The molecule has 5 heterocycles. The first-order valence-corrected chi connectivity index (χ1v) is 11.6. The zero-order valence-corrected chi connectivity index (χ0v) is 18.8. The molecule has 0 bridgehead atoms. The van der Waals surface area contributed by atoms with Gasteiger partial charge < -0.3 is 19.5 Å². The fourth-order valence-corrected chi connectivity index (χ4v) is 4.80. The molecule has 1 N–H and O–H groups in total. The first-order chi connectivity index (χ1) is 15.6. The number of H-pyrrole nitrogens is 1. The summed E-state index contributed by atoms with van der Waals surface area (Å²) in [5.74, 6) is 2.20. The summed E-state index contributed by atoms with van der Waals surface area (Å²) in [5, 5.41) is 1.07. The lowest BCUT2D eigenvalue weighted by Crippen LogP contribution is -2.44. The number of fused-ring (bicyclic) bond motifs is 1. The summed E-state index contributed by atoms with van der Waals surface area (Å²) in [6, 6.07) is 4.45. The summed E-state index contributed by atoms with van der Waals surface area (Å²) in [6.45, 7) is 7.88. The largest absolute Gasteiger partial charge is 0.377 e. The summed E-state index contributed by atoms with van der Waals surface area (Å²) in [4.78, 5) is 34.1. The molecule has 0 saturated carbocycles. The number of hydrogen-bond acceptors (Lipinski definition) is 6. The summed E-state index contributed by atoms with van der Waals surface area (Å²) in [5.41, 5.74) is 2.97. The van der Waals surface area contributed by atoms with E-state index in [1.165, 1.54) is 0 Å². The van der Waals surface area contributed by atoms with Crippen molar-refractivity contribution < 1.29 is 9.53 Å². The average Bonchev–Trinajstić information content (AvgIpc) is 3.33. The highest BCUT2D eigenvalue weighted by Crippen LogP contribution is 2.33. The number of carbonyl (C=O) groups is 1. The molecule has 2 fully saturated rings. The number of ether oxygens (including phenoxy) is 1.